The number of nitrogens with zero attached hydrogens (tertiary/aromatic N) is 1. The molecule has 0 aliphatic carbocycles. The average Bonchev–Trinajstić information content (AvgIpc) is 2.45. The third-order valence-corrected chi connectivity index (χ3v) is 3.16. The lowest BCUT2D eigenvalue weighted by atomic mass is 9.93. The maximum absolute atomic E-state index is 12.4. The largest absolute Gasteiger partial charge is 0.355 e. The summed E-state index contributed by atoms with van der Waals surface area (Å²) in [6.45, 7) is 5.09. The fourth-order valence-electron chi connectivity index (χ4n) is 1.94. The van der Waals surface area contributed by atoms with E-state index in [1.807, 2.05) is 13.8 Å². The molecule has 2 amide bonds. The number of rotatable bonds is 5. The molecule has 1 rings (SSSR count). The van der Waals surface area contributed by atoms with Crippen molar-refractivity contribution in [3.05, 3.63) is 35.4 Å². The van der Waals surface area contributed by atoms with Crippen LogP contribution in [-0.4, -0.2) is 43.9 Å². The van der Waals surface area contributed by atoms with Crippen LogP contribution in [0, 0.1) is 5.41 Å². The number of nitrogens with two attached hydrogens (primary N) is 1. The van der Waals surface area contributed by atoms with Crippen molar-refractivity contribution in [2.75, 3.05) is 27.2 Å². The number of nitrogens with one attached hydrogen (secondary N) is 1. The number of carbonyl (C=O) groups excluding carboxylic acids is 2. The zero-order chi connectivity index (χ0) is 15.3. The van der Waals surface area contributed by atoms with Gasteiger partial charge in [-0.25, -0.2) is 0 Å². The van der Waals surface area contributed by atoms with Crippen LogP contribution in [-0.2, 0) is 0 Å². The van der Waals surface area contributed by atoms with Gasteiger partial charge in [0, 0.05) is 31.8 Å². The summed E-state index contributed by atoms with van der Waals surface area (Å²) in [7, 11) is 3.30. The molecule has 20 heavy (non-hydrogen) atoms. The summed E-state index contributed by atoms with van der Waals surface area (Å²) in [4.78, 5) is 25.6. The normalized spacial score (nSPS) is 11.1. The predicted molar refractivity (Wildman–Crippen MR) is 79.6 cm³/mol. The minimum Gasteiger partial charge on any atom is -0.355 e. The first kappa shape index (κ1) is 16.2. The van der Waals surface area contributed by atoms with Crippen molar-refractivity contribution in [1.82, 2.24) is 10.2 Å². The highest BCUT2D eigenvalue weighted by molar-refractivity contribution is 5.99. The molecule has 0 radical (unpaired) electrons. The standard InChI is InChI=1S/C15H23N3O2/c1-15(2,9-16)10-18(4)14(20)12-7-5-6-11(8-12)13(19)17-3/h5-8H,9-10,16H2,1-4H3,(H,17,19). The highest BCUT2D eigenvalue weighted by atomic mass is 16.2. The van der Waals surface area contributed by atoms with E-state index >= 15 is 0 Å². The van der Waals surface area contributed by atoms with Crippen LogP contribution in [0.3, 0.4) is 0 Å². The van der Waals surface area contributed by atoms with E-state index in [1.165, 1.54) is 0 Å². The van der Waals surface area contributed by atoms with Crippen molar-refractivity contribution < 1.29 is 9.59 Å². The molecule has 0 spiro atoms. The first-order valence-electron chi connectivity index (χ1n) is 6.58. The highest BCUT2D eigenvalue weighted by Crippen LogP contribution is 2.16. The molecular formula is C15H23N3O2. The van der Waals surface area contributed by atoms with Crippen LogP contribution in [0.4, 0.5) is 0 Å². The van der Waals surface area contributed by atoms with Crippen molar-refractivity contribution in [1.29, 1.82) is 0 Å². The molecular weight excluding hydrogens is 254 g/mol. The Morgan fingerprint density at radius 3 is 2.45 bits per heavy atom. The molecule has 0 bridgehead atoms. The van der Waals surface area contributed by atoms with Crippen molar-refractivity contribution in [2.24, 2.45) is 11.1 Å². The van der Waals surface area contributed by atoms with Gasteiger partial charge in [-0.2, -0.15) is 0 Å². The van der Waals surface area contributed by atoms with E-state index in [0.29, 0.717) is 24.2 Å². The van der Waals surface area contributed by atoms with Gasteiger partial charge in [0.25, 0.3) is 11.8 Å². The second-order valence-corrected chi connectivity index (χ2v) is 5.69. The Hall–Kier alpha value is -1.88. The molecule has 0 saturated carbocycles. The van der Waals surface area contributed by atoms with Gasteiger partial charge >= 0.3 is 0 Å². The minimum absolute atomic E-state index is 0.114. The SMILES string of the molecule is CNC(=O)c1cccc(C(=O)N(C)CC(C)(C)CN)c1. The lowest BCUT2D eigenvalue weighted by molar-refractivity contribution is 0.0740. The van der Waals surface area contributed by atoms with Gasteiger partial charge in [-0.15, -0.1) is 0 Å². The number of hydrogen-bond acceptors (Lipinski definition) is 3. The minimum atomic E-state index is -0.204. The molecule has 0 heterocycles. The number of benzene rings is 1. The molecule has 0 fully saturated rings. The van der Waals surface area contributed by atoms with Crippen molar-refractivity contribution in [3.63, 3.8) is 0 Å². The Bertz CT molecular complexity index is 498. The van der Waals surface area contributed by atoms with E-state index in [4.69, 9.17) is 5.73 Å². The van der Waals surface area contributed by atoms with Crippen LogP contribution in [0.5, 0.6) is 0 Å². The third kappa shape index (κ3) is 4.06. The highest BCUT2D eigenvalue weighted by Gasteiger charge is 2.22. The zero-order valence-corrected chi connectivity index (χ0v) is 12.6. The van der Waals surface area contributed by atoms with Crippen molar-refractivity contribution in [3.8, 4) is 0 Å². The molecule has 1 aromatic carbocycles. The van der Waals surface area contributed by atoms with Crippen LogP contribution in [0.25, 0.3) is 0 Å². The van der Waals surface area contributed by atoms with Crippen molar-refractivity contribution in [2.45, 2.75) is 13.8 Å². The Kier molecular flexibility index (Phi) is 5.27. The maximum atomic E-state index is 12.4. The molecule has 0 atom stereocenters. The van der Waals surface area contributed by atoms with Gasteiger partial charge in [0.1, 0.15) is 0 Å². The summed E-state index contributed by atoms with van der Waals surface area (Å²) in [6.07, 6.45) is 0. The van der Waals surface area contributed by atoms with E-state index in [-0.39, 0.29) is 17.2 Å². The molecule has 1 aromatic rings. The predicted octanol–water partition coefficient (Wildman–Crippen LogP) is 1.10. The Morgan fingerprint density at radius 2 is 1.90 bits per heavy atom. The van der Waals surface area contributed by atoms with E-state index < -0.39 is 0 Å². The molecule has 0 saturated heterocycles. The smallest absolute Gasteiger partial charge is 0.253 e. The maximum Gasteiger partial charge on any atom is 0.253 e. The number of carbonyl (C=O) groups is 2. The summed E-state index contributed by atoms with van der Waals surface area (Å²) < 4.78 is 0. The molecule has 0 unspecified atom stereocenters. The van der Waals surface area contributed by atoms with Gasteiger partial charge in [0.2, 0.25) is 0 Å². The van der Waals surface area contributed by atoms with Crippen molar-refractivity contribution >= 4 is 11.8 Å². The monoisotopic (exact) mass is 277 g/mol. The van der Waals surface area contributed by atoms with Gasteiger partial charge in [-0.3, -0.25) is 9.59 Å². The van der Waals surface area contributed by atoms with Crippen LogP contribution < -0.4 is 11.1 Å². The van der Waals surface area contributed by atoms with Gasteiger partial charge in [0.15, 0.2) is 0 Å². The lowest BCUT2D eigenvalue weighted by Gasteiger charge is -2.29. The van der Waals surface area contributed by atoms with Gasteiger partial charge < -0.3 is 16.0 Å². The quantitative estimate of drug-likeness (QED) is 0.846. The van der Waals surface area contributed by atoms with Gasteiger partial charge in [0.05, 0.1) is 0 Å². The summed E-state index contributed by atoms with van der Waals surface area (Å²) in [5.41, 5.74) is 6.53. The van der Waals surface area contributed by atoms with Gasteiger partial charge in [-0.1, -0.05) is 19.9 Å². The zero-order valence-electron chi connectivity index (χ0n) is 12.6. The Labute approximate surface area is 120 Å². The molecule has 5 nitrogen and oxygen atoms in total. The fraction of sp³-hybridized carbons (Fsp3) is 0.467. The molecule has 0 aliphatic rings. The summed E-state index contributed by atoms with van der Waals surface area (Å²) in [5, 5.41) is 2.54. The number of amides is 2. The van der Waals surface area contributed by atoms with E-state index in [9.17, 15) is 9.59 Å². The van der Waals surface area contributed by atoms with Crippen LogP contribution >= 0.6 is 0 Å². The summed E-state index contributed by atoms with van der Waals surface area (Å²) in [5.74, 6) is -0.318. The van der Waals surface area contributed by atoms with E-state index in [0.717, 1.165) is 0 Å². The second-order valence-electron chi connectivity index (χ2n) is 5.69. The summed E-state index contributed by atoms with van der Waals surface area (Å²) >= 11 is 0. The summed E-state index contributed by atoms with van der Waals surface area (Å²) in [6, 6.07) is 6.70. The Morgan fingerprint density at radius 1 is 1.30 bits per heavy atom. The first-order chi connectivity index (χ1) is 9.30. The second kappa shape index (κ2) is 6.52. The van der Waals surface area contributed by atoms with E-state index in [2.05, 4.69) is 5.32 Å². The topological polar surface area (TPSA) is 75.4 Å². The third-order valence-electron chi connectivity index (χ3n) is 3.16. The average molecular weight is 277 g/mol. The number of hydrogen-bond donors (Lipinski definition) is 2. The van der Waals surface area contributed by atoms with E-state index in [1.54, 1.807) is 43.3 Å². The first-order valence-corrected chi connectivity index (χ1v) is 6.58. The molecule has 3 N–H and O–H groups in total. The lowest BCUT2D eigenvalue weighted by Crippen LogP contribution is -2.39. The molecule has 0 aliphatic heterocycles. The fourth-order valence-corrected chi connectivity index (χ4v) is 1.94. The van der Waals surface area contributed by atoms with Gasteiger partial charge in [-0.05, 0) is 30.2 Å². The molecule has 0 aromatic heterocycles. The van der Waals surface area contributed by atoms with Crippen LogP contribution in [0.1, 0.15) is 34.6 Å². The molecule has 110 valence electrons. The van der Waals surface area contributed by atoms with Crippen LogP contribution in [0.2, 0.25) is 0 Å². The molecule has 5 heteroatoms. The Balaban J connectivity index is 2.89. The van der Waals surface area contributed by atoms with Crippen LogP contribution in [0.15, 0.2) is 24.3 Å².